The lowest BCUT2D eigenvalue weighted by atomic mass is 10.1. The van der Waals surface area contributed by atoms with E-state index < -0.39 is 12.2 Å². The van der Waals surface area contributed by atoms with Gasteiger partial charge in [-0.25, -0.2) is 29.9 Å². The molecule has 32 heteroatoms. The Morgan fingerprint density at radius 1 is 0.495 bits per heavy atom. The van der Waals surface area contributed by atoms with Gasteiger partial charge in [0.05, 0.1) is 16.6 Å². The van der Waals surface area contributed by atoms with Crippen molar-refractivity contribution in [2.45, 2.75) is 159 Å². The van der Waals surface area contributed by atoms with Crippen LogP contribution in [-0.2, 0) is 34.0 Å². The predicted octanol–water partition coefficient (Wildman–Crippen LogP) is 10.9. The van der Waals surface area contributed by atoms with Gasteiger partial charge in [-0.2, -0.15) is 0 Å². The number of rotatable bonds is 17. The van der Waals surface area contributed by atoms with E-state index >= 15 is 0 Å². The zero-order valence-corrected chi connectivity index (χ0v) is 60.3. The summed E-state index contributed by atoms with van der Waals surface area (Å²) in [5, 5.41) is 21.9. The molecule has 6 aromatic heterocycles. The number of aliphatic hydroxyl groups is 2. The van der Waals surface area contributed by atoms with Crippen LogP contribution in [0.25, 0.3) is 33.1 Å². The molecule has 3 unspecified atom stereocenters. The summed E-state index contributed by atoms with van der Waals surface area (Å²) in [5.41, 5.74) is 23.1. The van der Waals surface area contributed by atoms with Crippen LogP contribution in [-0.4, -0.2) is 157 Å². The number of carbonyl (C=O) groups is 3. The van der Waals surface area contributed by atoms with E-state index in [1.165, 1.54) is 49.1 Å². The van der Waals surface area contributed by atoms with E-state index in [9.17, 15) is 24.6 Å². The van der Waals surface area contributed by atoms with E-state index in [1.807, 2.05) is 59.5 Å². The van der Waals surface area contributed by atoms with Crippen molar-refractivity contribution < 1.29 is 53.0 Å². The van der Waals surface area contributed by atoms with Gasteiger partial charge in [-0.05, 0) is 174 Å². The number of benzene rings is 3. The number of amides is 3. The number of likely N-dealkylation sites (tertiary alicyclic amines) is 3. The topological polar surface area (TPSA) is 327 Å². The first-order chi connectivity index (χ1) is 46.8. The Kier molecular flexibility index (Phi) is 20.7. The normalized spacial score (nSPS) is 18.1. The van der Waals surface area contributed by atoms with E-state index in [2.05, 4.69) is 76.4 Å². The van der Waals surface area contributed by atoms with Crippen LogP contribution in [0.5, 0.6) is 34.5 Å². The molecule has 97 heavy (non-hydrogen) atoms. The fourth-order valence-electron chi connectivity index (χ4n) is 13.0. The fourth-order valence-corrected chi connectivity index (χ4v) is 17.5. The highest BCUT2D eigenvalue weighted by atomic mass is 79.9. The number of aryl methyl sites for hydroxylation is 3. The maximum Gasteiger partial charge on any atom is 0.251 e. The number of ether oxygens (including phenoxy) is 6. The first-order valence-corrected chi connectivity index (χ1v) is 36.6. The summed E-state index contributed by atoms with van der Waals surface area (Å²) in [6.07, 6.45) is 11.3. The van der Waals surface area contributed by atoms with E-state index in [-0.39, 0.29) is 56.2 Å². The summed E-state index contributed by atoms with van der Waals surface area (Å²) in [6, 6.07) is 17.7. The molecular weight excluding hydrogens is 1500 g/mol. The quantitative estimate of drug-likeness (QED) is 0.0565. The number of pyridine rings is 3. The van der Waals surface area contributed by atoms with Crippen LogP contribution in [0, 0.1) is 0 Å². The van der Waals surface area contributed by atoms with Crippen LogP contribution in [0.2, 0.25) is 0 Å². The van der Waals surface area contributed by atoms with Gasteiger partial charge >= 0.3 is 0 Å². The molecule has 3 fully saturated rings. The van der Waals surface area contributed by atoms with Gasteiger partial charge in [0.2, 0.25) is 26.3 Å². The highest BCUT2D eigenvalue weighted by Crippen LogP contribution is 2.47. The summed E-state index contributed by atoms with van der Waals surface area (Å²) in [5.74, 6) is 5.15. The molecule has 15 rings (SSSR count). The number of nitrogens with two attached hydrogens (primary N) is 3. The zero-order chi connectivity index (χ0) is 67.8. The Morgan fingerprint density at radius 3 is 1.08 bits per heavy atom. The second-order valence-electron chi connectivity index (χ2n) is 23.9. The summed E-state index contributed by atoms with van der Waals surface area (Å²) in [6.45, 7) is 9.58. The Labute approximate surface area is 595 Å². The van der Waals surface area contributed by atoms with Crippen molar-refractivity contribution in [2.75, 3.05) is 57.2 Å². The van der Waals surface area contributed by atoms with Gasteiger partial charge in [-0.3, -0.25) is 14.4 Å². The van der Waals surface area contributed by atoms with Crippen molar-refractivity contribution in [3.8, 4) is 34.5 Å². The lowest BCUT2D eigenvalue weighted by molar-refractivity contribution is -0.140. The molecule has 510 valence electrons. The standard InChI is InChI=1S/2C22H24BrN5O4S.C21H22BrN5O3S/c2*1-12(29)21(30)27-7-2-3-13(27)5-8-28-15-4-6-25-20(24)19(15)26-22(28)33-18-10-17-16(9-14(18)23)31-11-32-17;1-12(28)26-7-2-3-13(26)5-8-27-15-4-6-24-20(23)19(15)25-21(27)31-18-10-17-16(9-14(18)22)29-11-30-17/h2*4,6,9-10,12-13,29H,2-3,5,7-8,11H2,1H3,(H2,24,25);4,6,9-10,13H,2-3,5,7-8,11H2,1H3,(H2,23,24)/t2*12-,13?;/m10./s1. The van der Waals surface area contributed by atoms with Gasteiger partial charge < -0.3 is 84.2 Å². The Bertz CT molecular complexity index is 4300. The number of halogens is 3. The number of aromatic nitrogens is 9. The molecule has 6 aliphatic rings. The molecule has 0 saturated carbocycles. The van der Waals surface area contributed by atoms with Crippen LogP contribution in [0.3, 0.4) is 0 Å². The van der Waals surface area contributed by atoms with Crippen LogP contribution in [0.4, 0.5) is 17.5 Å². The zero-order valence-electron chi connectivity index (χ0n) is 53.1. The molecule has 0 bridgehead atoms. The minimum atomic E-state index is -0.986. The molecule has 5 atom stereocenters. The monoisotopic (exact) mass is 1570 g/mol. The molecule has 3 saturated heterocycles. The van der Waals surface area contributed by atoms with Crippen molar-refractivity contribution in [3.05, 3.63) is 86.6 Å². The maximum atomic E-state index is 12.4. The minimum absolute atomic E-state index is 0.0823. The molecule has 8 N–H and O–H groups in total. The van der Waals surface area contributed by atoms with E-state index in [0.29, 0.717) is 83.2 Å². The van der Waals surface area contributed by atoms with Crippen molar-refractivity contribution in [1.29, 1.82) is 0 Å². The van der Waals surface area contributed by atoms with Crippen molar-refractivity contribution in [1.82, 2.24) is 58.3 Å². The number of nitrogens with zero attached hydrogens (tertiary/aromatic N) is 12. The predicted molar refractivity (Wildman–Crippen MR) is 376 cm³/mol. The molecule has 0 radical (unpaired) electrons. The summed E-state index contributed by atoms with van der Waals surface area (Å²) >= 11 is 15.4. The molecule has 0 spiro atoms. The van der Waals surface area contributed by atoms with E-state index in [4.69, 9.17) is 60.6 Å². The first kappa shape index (κ1) is 68.1. The number of anilines is 3. The number of carbonyl (C=O) groups excluding carboxylic acids is 3. The molecule has 3 amide bonds. The third kappa shape index (κ3) is 14.5. The van der Waals surface area contributed by atoms with Crippen molar-refractivity contribution >= 4 is 151 Å². The molecule has 0 aliphatic carbocycles. The number of nitrogen functional groups attached to an aromatic ring is 3. The number of aliphatic hydroxyl groups excluding tert-OH is 2. The molecule has 26 nitrogen and oxygen atoms in total. The lowest BCUT2D eigenvalue weighted by Gasteiger charge is -2.26. The Balaban J connectivity index is 0.000000131. The average molecular weight is 1570 g/mol. The fraction of sp³-hybridized carbons (Fsp3) is 0.400. The van der Waals surface area contributed by atoms with Crippen LogP contribution < -0.4 is 45.6 Å². The van der Waals surface area contributed by atoms with E-state index in [1.54, 1.807) is 35.3 Å². The molecule has 3 aromatic carbocycles. The maximum absolute atomic E-state index is 12.4. The summed E-state index contributed by atoms with van der Waals surface area (Å²) in [7, 11) is 0. The molecule has 6 aliphatic heterocycles. The minimum Gasteiger partial charge on any atom is -0.454 e. The van der Waals surface area contributed by atoms with E-state index in [0.717, 1.165) is 142 Å². The molecule has 12 heterocycles. The van der Waals surface area contributed by atoms with Gasteiger partial charge in [0.25, 0.3) is 11.8 Å². The Hall–Kier alpha value is -7.46. The average Bonchev–Trinajstić information content (AvgIpc) is 1.65. The van der Waals surface area contributed by atoms with Gasteiger partial charge in [-0.15, -0.1) is 0 Å². The van der Waals surface area contributed by atoms with Crippen molar-refractivity contribution in [3.63, 3.8) is 0 Å². The smallest absolute Gasteiger partial charge is 0.251 e. The van der Waals surface area contributed by atoms with Crippen LogP contribution in [0.1, 0.15) is 78.6 Å². The lowest BCUT2D eigenvalue weighted by Crippen LogP contribution is -2.41. The summed E-state index contributed by atoms with van der Waals surface area (Å²) < 4.78 is 42.1. The number of hydrogen-bond donors (Lipinski definition) is 5. The summed E-state index contributed by atoms with van der Waals surface area (Å²) in [4.78, 5) is 72.2. The second kappa shape index (κ2) is 29.5. The Morgan fingerprint density at radius 2 is 0.784 bits per heavy atom. The SMILES string of the molecule is CC(=O)N1CCCC1CCn1c(Sc2cc3c(cc2Br)OCO3)nc2c(N)nccc21.C[C@@H](O)C(=O)N1CCCC1CCn1c(Sc2cc3c(cc2Br)OCO3)nc2c(N)nccc21.C[C@H](O)C(=O)N1CCCC1CCn1c(Sc2cc3c(cc2Br)OCO3)nc2c(N)nccc21. The van der Waals surface area contributed by atoms with Gasteiger partial charge in [0.15, 0.2) is 67.4 Å². The third-order valence-corrected chi connectivity index (χ3v) is 23.7. The largest absolute Gasteiger partial charge is 0.454 e. The molecule has 9 aromatic rings. The first-order valence-electron chi connectivity index (χ1n) is 31.7. The highest BCUT2D eigenvalue weighted by molar-refractivity contribution is 9.11. The van der Waals surface area contributed by atoms with Gasteiger partial charge in [0, 0.05) is 111 Å². The van der Waals surface area contributed by atoms with Crippen molar-refractivity contribution in [2.24, 2.45) is 0 Å². The second-order valence-corrected chi connectivity index (χ2v) is 29.5. The van der Waals surface area contributed by atoms with Gasteiger partial charge in [-0.1, -0.05) is 35.3 Å². The number of hydrogen-bond acceptors (Lipinski definition) is 23. The highest BCUT2D eigenvalue weighted by Gasteiger charge is 2.34. The van der Waals surface area contributed by atoms with Crippen LogP contribution >= 0.6 is 83.1 Å². The van der Waals surface area contributed by atoms with Crippen LogP contribution in [0.15, 0.2) is 117 Å². The number of fused-ring (bicyclic) bond motifs is 6. The third-order valence-electron chi connectivity index (χ3n) is 17.7. The van der Waals surface area contributed by atoms with Gasteiger partial charge in [0.1, 0.15) is 28.8 Å². The molecular formula is C65H70Br3N15O11S3. The number of imidazole rings is 3.